The van der Waals surface area contributed by atoms with Crippen molar-refractivity contribution < 1.29 is 8.78 Å². The fraction of sp³-hybridized carbons (Fsp3) is 0.125. The van der Waals surface area contributed by atoms with Crippen LogP contribution >= 0.6 is 0 Å². The molecular weight excluding hydrogens is 230 g/mol. The van der Waals surface area contributed by atoms with Crippen LogP contribution in [0.3, 0.4) is 0 Å². The molecule has 2 aromatic carbocycles. The van der Waals surface area contributed by atoms with Crippen LogP contribution in [0.2, 0.25) is 0 Å². The van der Waals surface area contributed by atoms with E-state index in [0.717, 1.165) is 17.5 Å². The van der Waals surface area contributed by atoms with Crippen molar-refractivity contribution in [3.63, 3.8) is 0 Å². The van der Waals surface area contributed by atoms with Crippen molar-refractivity contribution in [3.8, 4) is 0 Å². The predicted octanol–water partition coefficient (Wildman–Crippen LogP) is 4.67. The van der Waals surface area contributed by atoms with Crippen LogP contribution in [0.4, 0.5) is 8.78 Å². The highest BCUT2D eigenvalue weighted by Crippen LogP contribution is 2.28. The van der Waals surface area contributed by atoms with Crippen molar-refractivity contribution in [2.75, 3.05) is 0 Å². The Labute approximate surface area is 106 Å². The summed E-state index contributed by atoms with van der Waals surface area (Å²) < 4.78 is 25.8. The molecule has 0 aliphatic carbocycles. The van der Waals surface area contributed by atoms with Crippen molar-refractivity contribution in [3.05, 3.63) is 83.9 Å². The minimum atomic E-state index is -0.254. The molecule has 0 unspecified atom stereocenters. The van der Waals surface area contributed by atoms with Gasteiger partial charge in [0.2, 0.25) is 0 Å². The van der Waals surface area contributed by atoms with Gasteiger partial charge in [-0.25, -0.2) is 8.78 Å². The summed E-state index contributed by atoms with van der Waals surface area (Å²) in [5.74, 6) is -0.422. The first-order valence-corrected chi connectivity index (χ1v) is 5.82. The topological polar surface area (TPSA) is 0 Å². The molecule has 2 aromatic rings. The maximum atomic E-state index is 12.9. The van der Waals surface area contributed by atoms with E-state index in [9.17, 15) is 8.78 Å². The summed E-state index contributed by atoms with van der Waals surface area (Å²) in [6.45, 7) is 3.74. The van der Waals surface area contributed by atoms with Gasteiger partial charge in [-0.15, -0.1) is 6.58 Å². The predicted molar refractivity (Wildman–Crippen MR) is 69.5 cm³/mol. The smallest absolute Gasteiger partial charge is 0.123 e. The molecule has 0 bridgehead atoms. The van der Waals surface area contributed by atoms with E-state index in [2.05, 4.69) is 6.58 Å². The summed E-state index contributed by atoms with van der Waals surface area (Å²) in [4.78, 5) is 0. The summed E-state index contributed by atoms with van der Waals surface area (Å²) in [7, 11) is 0. The molecule has 2 rings (SSSR count). The van der Waals surface area contributed by atoms with Gasteiger partial charge in [-0.1, -0.05) is 30.3 Å². The molecule has 0 atom stereocenters. The highest BCUT2D eigenvalue weighted by Gasteiger charge is 2.12. The van der Waals surface area contributed by atoms with E-state index in [0.29, 0.717) is 0 Å². The lowest BCUT2D eigenvalue weighted by molar-refractivity contribution is 0.624. The van der Waals surface area contributed by atoms with Crippen LogP contribution < -0.4 is 0 Å². The van der Waals surface area contributed by atoms with E-state index in [4.69, 9.17) is 0 Å². The number of halogens is 2. The number of hydrogen-bond donors (Lipinski definition) is 0. The standard InChI is InChI=1S/C16H14F2/c1-2-3-16(12-4-8-14(17)9-5-12)13-6-10-15(18)11-7-13/h2,4-11,16H,1,3H2. The lowest BCUT2D eigenvalue weighted by Gasteiger charge is -2.16. The van der Waals surface area contributed by atoms with E-state index in [1.807, 2.05) is 6.08 Å². The van der Waals surface area contributed by atoms with Crippen LogP contribution in [0.1, 0.15) is 23.5 Å². The highest BCUT2D eigenvalue weighted by molar-refractivity contribution is 5.33. The van der Waals surface area contributed by atoms with Crippen molar-refractivity contribution in [2.24, 2.45) is 0 Å². The van der Waals surface area contributed by atoms with E-state index in [1.54, 1.807) is 24.3 Å². The quantitative estimate of drug-likeness (QED) is 0.685. The maximum absolute atomic E-state index is 12.9. The van der Waals surface area contributed by atoms with Gasteiger partial charge in [0.25, 0.3) is 0 Å². The monoisotopic (exact) mass is 244 g/mol. The SMILES string of the molecule is C=CCC(c1ccc(F)cc1)c1ccc(F)cc1. The molecule has 0 heterocycles. The lowest BCUT2D eigenvalue weighted by atomic mass is 9.88. The van der Waals surface area contributed by atoms with Gasteiger partial charge >= 0.3 is 0 Å². The Morgan fingerprint density at radius 2 is 1.22 bits per heavy atom. The van der Waals surface area contributed by atoms with Crippen molar-refractivity contribution in [1.82, 2.24) is 0 Å². The second-order valence-corrected chi connectivity index (χ2v) is 4.18. The lowest BCUT2D eigenvalue weighted by Crippen LogP contribution is -2.00. The first kappa shape index (κ1) is 12.5. The van der Waals surface area contributed by atoms with Gasteiger partial charge in [-0.3, -0.25) is 0 Å². The summed E-state index contributed by atoms with van der Waals surface area (Å²) in [6, 6.07) is 12.8. The van der Waals surface area contributed by atoms with E-state index >= 15 is 0 Å². The Kier molecular flexibility index (Phi) is 3.88. The zero-order chi connectivity index (χ0) is 13.0. The van der Waals surface area contributed by atoms with Crippen molar-refractivity contribution >= 4 is 0 Å². The molecule has 0 saturated carbocycles. The molecule has 0 aliphatic heterocycles. The minimum Gasteiger partial charge on any atom is -0.207 e. The number of allylic oxidation sites excluding steroid dienone is 1. The van der Waals surface area contributed by atoms with Gasteiger partial charge in [0.05, 0.1) is 0 Å². The van der Waals surface area contributed by atoms with Crippen LogP contribution in [0.25, 0.3) is 0 Å². The van der Waals surface area contributed by atoms with E-state index in [-0.39, 0.29) is 17.6 Å². The minimum absolute atomic E-state index is 0.0868. The molecule has 0 N–H and O–H groups in total. The van der Waals surface area contributed by atoms with Crippen LogP contribution in [0, 0.1) is 11.6 Å². The third-order valence-electron chi connectivity index (χ3n) is 2.95. The number of rotatable bonds is 4. The van der Waals surface area contributed by atoms with E-state index < -0.39 is 0 Å². The molecule has 92 valence electrons. The normalized spacial score (nSPS) is 10.6. The Morgan fingerprint density at radius 3 is 1.56 bits per heavy atom. The molecular formula is C16H14F2. The van der Waals surface area contributed by atoms with Gasteiger partial charge in [-0.05, 0) is 41.8 Å². The van der Waals surface area contributed by atoms with Crippen molar-refractivity contribution in [2.45, 2.75) is 12.3 Å². The summed E-state index contributed by atoms with van der Waals surface area (Å²) in [6.07, 6.45) is 2.55. The molecule has 18 heavy (non-hydrogen) atoms. The average molecular weight is 244 g/mol. The molecule has 2 heteroatoms. The Hall–Kier alpha value is -1.96. The molecule has 0 nitrogen and oxygen atoms in total. The second-order valence-electron chi connectivity index (χ2n) is 4.18. The Morgan fingerprint density at radius 1 is 0.833 bits per heavy atom. The van der Waals surface area contributed by atoms with Gasteiger partial charge in [-0.2, -0.15) is 0 Å². The third kappa shape index (κ3) is 2.83. The first-order valence-electron chi connectivity index (χ1n) is 5.82. The van der Waals surface area contributed by atoms with Gasteiger partial charge in [0.1, 0.15) is 11.6 Å². The number of hydrogen-bond acceptors (Lipinski definition) is 0. The first-order chi connectivity index (χ1) is 8.70. The van der Waals surface area contributed by atoms with Gasteiger partial charge in [0.15, 0.2) is 0 Å². The molecule has 0 fully saturated rings. The Bertz CT molecular complexity index is 466. The van der Waals surface area contributed by atoms with Crippen LogP contribution in [0.5, 0.6) is 0 Å². The highest BCUT2D eigenvalue weighted by atomic mass is 19.1. The average Bonchev–Trinajstić information content (AvgIpc) is 2.39. The maximum Gasteiger partial charge on any atom is 0.123 e. The largest absolute Gasteiger partial charge is 0.207 e. The number of benzene rings is 2. The van der Waals surface area contributed by atoms with Crippen LogP contribution in [-0.2, 0) is 0 Å². The fourth-order valence-corrected chi connectivity index (χ4v) is 2.02. The molecule has 0 spiro atoms. The molecule has 0 radical (unpaired) electrons. The molecule has 0 saturated heterocycles. The van der Waals surface area contributed by atoms with Gasteiger partial charge < -0.3 is 0 Å². The van der Waals surface area contributed by atoms with Crippen LogP contribution in [0.15, 0.2) is 61.2 Å². The second kappa shape index (κ2) is 5.58. The zero-order valence-corrected chi connectivity index (χ0v) is 9.94. The molecule has 0 aromatic heterocycles. The Balaban J connectivity index is 2.35. The van der Waals surface area contributed by atoms with Gasteiger partial charge in [0, 0.05) is 5.92 Å². The zero-order valence-electron chi connectivity index (χ0n) is 9.94. The third-order valence-corrected chi connectivity index (χ3v) is 2.95. The molecule has 0 amide bonds. The van der Waals surface area contributed by atoms with Crippen molar-refractivity contribution in [1.29, 1.82) is 0 Å². The van der Waals surface area contributed by atoms with E-state index in [1.165, 1.54) is 24.3 Å². The molecule has 0 aliphatic rings. The summed E-state index contributed by atoms with van der Waals surface area (Å²) >= 11 is 0. The summed E-state index contributed by atoms with van der Waals surface area (Å²) in [5.41, 5.74) is 2.01. The fourth-order valence-electron chi connectivity index (χ4n) is 2.02. The van der Waals surface area contributed by atoms with Crippen LogP contribution in [-0.4, -0.2) is 0 Å². The summed E-state index contributed by atoms with van der Waals surface area (Å²) in [5, 5.41) is 0.